The Morgan fingerprint density at radius 2 is 2.00 bits per heavy atom. The molecule has 0 aliphatic carbocycles. The van der Waals surface area contributed by atoms with Crippen LogP contribution >= 0.6 is 11.6 Å². The number of hydrogen-bond donors (Lipinski definition) is 0. The minimum absolute atomic E-state index is 0.354. The van der Waals surface area contributed by atoms with Crippen molar-refractivity contribution in [2.75, 3.05) is 13.7 Å². The van der Waals surface area contributed by atoms with E-state index in [1.807, 2.05) is 0 Å². The zero-order chi connectivity index (χ0) is 9.40. The van der Waals surface area contributed by atoms with Crippen molar-refractivity contribution in [3.05, 3.63) is 0 Å². The van der Waals surface area contributed by atoms with Crippen LogP contribution in [0.25, 0.3) is 0 Å². The van der Waals surface area contributed by atoms with Gasteiger partial charge in [-0.15, -0.1) is 11.6 Å². The molecule has 0 saturated heterocycles. The lowest BCUT2D eigenvalue weighted by Crippen LogP contribution is -2.10. The van der Waals surface area contributed by atoms with Gasteiger partial charge in [-0.05, 0) is 25.2 Å². The molecule has 0 rings (SSSR count). The molecule has 0 aromatic heterocycles. The molecule has 0 aromatic rings. The third kappa shape index (κ3) is 5.84. The van der Waals surface area contributed by atoms with E-state index in [1.165, 1.54) is 12.8 Å². The molecule has 0 amide bonds. The van der Waals surface area contributed by atoms with E-state index < -0.39 is 0 Å². The fourth-order valence-electron chi connectivity index (χ4n) is 1.30. The Labute approximate surface area is 81.4 Å². The van der Waals surface area contributed by atoms with Gasteiger partial charge in [-0.3, -0.25) is 0 Å². The van der Waals surface area contributed by atoms with Gasteiger partial charge >= 0.3 is 0 Å². The van der Waals surface area contributed by atoms with E-state index in [9.17, 15) is 0 Å². The van der Waals surface area contributed by atoms with Gasteiger partial charge in [0.15, 0.2) is 0 Å². The van der Waals surface area contributed by atoms with Crippen LogP contribution < -0.4 is 0 Å². The Kier molecular flexibility index (Phi) is 8.04. The van der Waals surface area contributed by atoms with Crippen molar-refractivity contribution in [2.24, 2.45) is 5.92 Å². The fraction of sp³-hybridized carbons (Fsp3) is 1.00. The maximum Gasteiger partial charge on any atom is 0.0462 e. The summed E-state index contributed by atoms with van der Waals surface area (Å²) in [5, 5.41) is 0.354. The van der Waals surface area contributed by atoms with Crippen LogP contribution in [-0.2, 0) is 4.74 Å². The van der Waals surface area contributed by atoms with Crippen molar-refractivity contribution in [3.8, 4) is 0 Å². The summed E-state index contributed by atoms with van der Waals surface area (Å²) in [6.07, 6.45) is 4.70. The lowest BCUT2D eigenvalue weighted by Gasteiger charge is -2.15. The Bertz CT molecular complexity index is 95.8. The number of rotatable bonds is 7. The maximum atomic E-state index is 6.10. The normalized spacial score (nSPS) is 16.0. The van der Waals surface area contributed by atoms with E-state index in [0.717, 1.165) is 19.4 Å². The number of alkyl halides is 1. The Morgan fingerprint density at radius 1 is 1.33 bits per heavy atom. The van der Waals surface area contributed by atoms with Gasteiger partial charge in [-0.25, -0.2) is 0 Å². The van der Waals surface area contributed by atoms with Crippen LogP contribution in [0.4, 0.5) is 0 Å². The van der Waals surface area contributed by atoms with Gasteiger partial charge in [0, 0.05) is 19.1 Å². The van der Waals surface area contributed by atoms with E-state index in [1.54, 1.807) is 7.11 Å². The van der Waals surface area contributed by atoms with Gasteiger partial charge in [0.25, 0.3) is 0 Å². The molecule has 0 aliphatic rings. The minimum atomic E-state index is 0.354. The third-order valence-corrected chi connectivity index (χ3v) is 3.00. The molecular weight excluding hydrogens is 172 g/mol. The second-order valence-corrected chi connectivity index (χ2v) is 3.95. The molecule has 0 radical (unpaired) electrons. The van der Waals surface area contributed by atoms with E-state index in [0.29, 0.717) is 11.3 Å². The first-order chi connectivity index (χ1) is 5.72. The van der Waals surface area contributed by atoms with Crippen LogP contribution in [0, 0.1) is 5.92 Å². The van der Waals surface area contributed by atoms with Crippen LogP contribution in [0.15, 0.2) is 0 Å². The van der Waals surface area contributed by atoms with Crippen LogP contribution in [-0.4, -0.2) is 19.1 Å². The molecule has 12 heavy (non-hydrogen) atoms. The summed E-state index contributed by atoms with van der Waals surface area (Å²) in [6, 6.07) is 0. The van der Waals surface area contributed by atoms with Crippen LogP contribution in [0.2, 0.25) is 0 Å². The maximum absolute atomic E-state index is 6.10. The lowest BCUT2D eigenvalue weighted by atomic mass is 9.99. The van der Waals surface area contributed by atoms with Crippen molar-refractivity contribution in [1.82, 2.24) is 0 Å². The first kappa shape index (κ1) is 12.2. The van der Waals surface area contributed by atoms with Crippen molar-refractivity contribution in [1.29, 1.82) is 0 Å². The molecule has 2 heteroatoms. The molecular formula is C10H21ClO. The molecule has 0 heterocycles. The van der Waals surface area contributed by atoms with E-state index >= 15 is 0 Å². The summed E-state index contributed by atoms with van der Waals surface area (Å²) in [5.74, 6) is 0.647. The second-order valence-electron chi connectivity index (χ2n) is 3.39. The molecule has 1 nitrogen and oxygen atoms in total. The van der Waals surface area contributed by atoms with E-state index in [-0.39, 0.29) is 0 Å². The first-order valence-electron chi connectivity index (χ1n) is 4.85. The average Bonchev–Trinajstić information content (AvgIpc) is 2.10. The molecule has 0 fully saturated rings. The largest absolute Gasteiger partial charge is 0.385 e. The highest BCUT2D eigenvalue weighted by molar-refractivity contribution is 6.20. The van der Waals surface area contributed by atoms with Gasteiger partial charge < -0.3 is 4.74 Å². The van der Waals surface area contributed by atoms with Crippen LogP contribution in [0.5, 0.6) is 0 Å². The summed E-state index contributed by atoms with van der Waals surface area (Å²) < 4.78 is 4.98. The molecule has 2 unspecified atom stereocenters. The first-order valence-corrected chi connectivity index (χ1v) is 5.29. The van der Waals surface area contributed by atoms with Gasteiger partial charge in [0.1, 0.15) is 0 Å². The summed E-state index contributed by atoms with van der Waals surface area (Å²) in [7, 11) is 1.75. The highest BCUT2D eigenvalue weighted by Gasteiger charge is 2.10. The standard InChI is InChI=1S/C10H21ClO/c1-4-10(11)9(2)7-5-6-8-12-3/h9-10H,4-8H2,1-3H3. The smallest absolute Gasteiger partial charge is 0.0462 e. The van der Waals surface area contributed by atoms with Crippen molar-refractivity contribution in [2.45, 2.75) is 44.9 Å². The number of ether oxygens (including phenoxy) is 1. The monoisotopic (exact) mass is 192 g/mol. The fourth-order valence-corrected chi connectivity index (χ4v) is 1.42. The summed E-state index contributed by atoms with van der Waals surface area (Å²) in [6.45, 7) is 5.25. The average molecular weight is 193 g/mol. The molecule has 0 N–H and O–H groups in total. The minimum Gasteiger partial charge on any atom is -0.385 e. The number of hydrogen-bond acceptors (Lipinski definition) is 1. The summed E-state index contributed by atoms with van der Waals surface area (Å²) in [5.41, 5.74) is 0. The molecule has 0 bridgehead atoms. The van der Waals surface area contributed by atoms with Crippen molar-refractivity contribution < 1.29 is 4.74 Å². The Morgan fingerprint density at radius 3 is 2.50 bits per heavy atom. The third-order valence-electron chi connectivity index (χ3n) is 2.27. The van der Waals surface area contributed by atoms with Crippen LogP contribution in [0.3, 0.4) is 0 Å². The van der Waals surface area contributed by atoms with Crippen molar-refractivity contribution >= 4 is 11.6 Å². The van der Waals surface area contributed by atoms with E-state index in [4.69, 9.17) is 16.3 Å². The predicted molar refractivity (Wildman–Crippen MR) is 54.8 cm³/mol. The van der Waals surface area contributed by atoms with Crippen molar-refractivity contribution in [3.63, 3.8) is 0 Å². The quantitative estimate of drug-likeness (QED) is 0.444. The van der Waals surface area contributed by atoms with E-state index in [2.05, 4.69) is 13.8 Å². The highest BCUT2D eigenvalue weighted by atomic mass is 35.5. The van der Waals surface area contributed by atoms with Crippen LogP contribution in [0.1, 0.15) is 39.5 Å². The number of methoxy groups -OCH3 is 1. The molecule has 0 spiro atoms. The molecule has 0 aliphatic heterocycles. The number of halogens is 1. The molecule has 2 atom stereocenters. The summed E-state index contributed by atoms with van der Waals surface area (Å²) in [4.78, 5) is 0. The highest BCUT2D eigenvalue weighted by Crippen LogP contribution is 2.19. The summed E-state index contributed by atoms with van der Waals surface area (Å²) >= 11 is 6.10. The van der Waals surface area contributed by atoms with Gasteiger partial charge in [0.05, 0.1) is 0 Å². The molecule has 74 valence electrons. The predicted octanol–water partition coefficient (Wildman–Crippen LogP) is 3.46. The van der Waals surface area contributed by atoms with Gasteiger partial charge in [-0.2, -0.15) is 0 Å². The second kappa shape index (κ2) is 7.88. The SMILES string of the molecule is CCC(Cl)C(C)CCCCOC. The molecule has 0 aromatic carbocycles. The van der Waals surface area contributed by atoms with Gasteiger partial charge in [0.2, 0.25) is 0 Å². The lowest BCUT2D eigenvalue weighted by molar-refractivity contribution is 0.190. The molecule has 0 saturated carbocycles. The van der Waals surface area contributed by atoms with Gasteiger partial charge in [-0.1, -0.05) is 20.3 Å². The Balaban J connectivity index is 3.24. The topological polar surface area (TPSA) is 9.23 Å². The Hall–Kier alpha value is 0.250. The zero-order valence-electron chi connectivity index (χ0n) is 8.48. The number of unbranched alkanes of at least 4 members (excludes halogenated alkanes) is 1. The zero-order valence-corrected chi connectivity index (χ0v) is 9.23.